The van der Waals surface area contributed by atoms with Gasteiger partial charge < -0.3 is 15.4 Å². The molecule has 1 saturated carbocycles. The Bertz CT molecular complexity index is 1230. The first-order valence-electron chi connectivity index (χ1n) is 12.7. The Kier molecular flexibility index (Phi) is 8.42. The molecule has 2 fully saturated rings. The maximum Gasteiger partial charge on any atom is 0.573 e. The first-order chi connectivity index (χ1) is 18.2. The van der Waals surface area contributed by atoms with Crippen LogP contribution in [0.15, 0.2) is 41.2 Å². The third kappa shape index (κ3) is 7.39. The van der Waals surface area contributed by atoms with E-state index >= 15 is 0 Å². The lowest BCUT2D eigenvalue weighted by atomic mass is 9.79. The number of guanidine groups is 1. The Morgan fingerprint density at radius 3 is 2.54 bits per heavy atom. The minimum absolute atomic E-state index is 0.0793. The fraction of sp³-hybridized carbons (Fsp3) is 0.625. The fourth-order valence-corrected chi connectivity index (χ4v) is 6.66. The molecule has 2 aliphatic heterocycles. The van der Waals surface area contributed by atoms with Crippen molar-refractivity contribution in [2.45, 2.75) is 68.4 Å². The average Bonchev–Trinajstić information content (AvgIpc) is 3.34. The number of likely N-dealkylation sites (tertiary alicyclic amines) is 1. The SMILES string of the molecule is CS(=O)(=O)C1CCN(C2CCC(CC3(N)NC(=NCc4ccccc4OC(F)(F)F)NC=C3[N+](=O)[O-])CC2)C1. The number of hydrogen-bond acceptors (Lipinski definition) is 8. The van der Waals surface area contributed by atoms with Gasteiger partial charge in [0.2, 0.25) is 0 Å². The number of halogens is 3. The van der Waals surface area contributed by atoms with E-state index in [9.17, 15) is 31.7 Å². The van der Waals surface area contributed by atoms with Crippen LogP contribution in [0.5, 0.6) is 5.75 Å². The summed E-state index contributed by atoms with van der Waals surface area (Å²) in [7, 11) is -3.08. The van der Waals surface area contributed by atoms with Crippen molar-refractivity contribution >= 4 is 15.8 Å². The molecule has 1 aromatic carbocycles. The highest BCUT2D eigenvalue weighted by Crippen LogP contribution is 2.36. The van der Waals surface area contributed by atoms with Crippen LogP contribution in [0.25, 0.3) is 0 Å². The lowest BCUT2D eigenvalue weighted by Crippen LogP contribution is -2.64. The molecule has 0 radical (unpaired) electrons. The average molecular weight is 575 g/mol. The van der Waals surface area contributed by atoms with Crippen molar-refractivity contribution in [1.82, 2.24) is 15.5 Å². The summed E-state index contributed by atoms with van der Waals surface area (Å²) < 4.78 is 66.1. The van der Waals surface area contributed by atoms with Gasteiger partial charge in [0.15, 0.2) is 21.5 Å². The van der Waals surface area contributed by atoms with Gasteiger partial charge in [0, 0.05) is 24.4 Å². The van der Waals surface area contributed by atoms with E-state index in [0.717, 1.165) is 38.4 Å². The van der Waals surface area contributed by atoms with E-state index in [1.165, 1.54) is 24.5 Å². The lowest BCUT2D eigenvalue weighted by molar-refractivity contribution is -0.437. The zero-order valence-electron chi connectivity index (χ0n) is 21.5. The molecule has 216 valence electrons. The highest BCUT2D eigenvalue weighted by Gasteiger charge is 2.45. The maximum absolute atomic E-state index is 12.7. The maximum atomic E-state index is 12.7. The zero-order chi connectivity index (χ0) is 28.4. The van der Waals surface area contributed by atoms with Crippen LogP contribution in [0.1, 0.15) is 44.1 Å². The summed E-state index contributed by atoms with van der Waals surface area (Å²) in [6.45, 7) is 1.09. The van der Waals surface area contributed by atoms with Crippen molar-refractivity contribution in [2.24, 2.45) is 16.6 Å². The van der Waals surface area contributed by atoms with Gasteiger partial charge in [-0.1, -0.05) is 18.2 Å². The Balaban J connectivity index is 1.40. The second kappa shape index (κ2) is 11.3. The molecule has 1 aliphatic carbocycles. The number of aliphatic imine (C=N–C) groups is 1. The number of ether oxygens (including phenoxy) is 1. The van der Waals surface area contributed by atoms with Crippen molar-refractivity contribution < 1.29 is 31.2 Å². The van der Waals surface area contributed by atoms with Gasteiger partial charge in [-0.05, 0) is 57.1 Å². The molecule has 1 saturated heterocycles. The quantitative estimate of drug-likeness (QED) is 0.314. The molecule has 0 aromatic heterocycles. The van der Waals surface area contributed by atoms with Gasteiger partial charge in [-0.25, -0.2) is 13.4 Å². The Morgan fingerprint density at radius 2 is 1.92 bits per heavy atom. The largest absolute Gasteiger partial charge is 0.573 e. The van der Waals surface area contributed by atoms with Gasteiger partial charge in [0.05, 0.1) is 22.9 Å². The molecule has 4 rings (SSSR count). The lowest BCUT2D eigenvalue weighted by Gasteiger charge is -2.39. The van der Waals surface area contributed by atoms with Gasteiger partial charge in [-0.3, -0.25) is 20.7 Å². The molecule has 0 spiro atoms. The van der Waals surface area contributed by atoms with Gasteiger partial charge in [0.1, 0.15) is 5.75 Å². The van der Waals surface area contributed by atoms with Crippen molar-refractivity contribution in [3.63, 3.8) is 0 Å². The second-order valence-electron chi connectivity index (χ2n) is 10.5. The second-order valence-corrected chi connectivity index (χ2v) is 12.8. The van der Waals surface area contributed by atoms with Crippen LogP contribution in [0.2, 0.25) is 0 Å². The number of hydrogen-bond donors (Lipinski definition) is 3. The Hall–Kier alpha value is -2.91. The van der Waals surface area contributed by atoms with E-state index < -0.39 is 26.8 Å². The number of alkyl halides is 3. The zero-order valence-corrected chi connectivity index (χ0v) is 22.3. The number of nitrogens with one attached hydrogen (secondary N) is 2. The van der Waals surface area contributed by atoms with E-state index in [-0.39, 0.29) is 53.1 Å². The smallest absolute Gasteiger partial charge is 0.405 e. The molecule has 1 aromatic rings. The predicted molar refractivity (Wildman–Crippen MR) is 138 cm³/mol. The molecule has 15 heteroatoms. The first-order valence-corrected chi connectivity index (χ1v) is 14.7. The van der Waals surface area contributed by atoms with E-state index in [2.05, 4.69) is 25.3 Å². The Labute approximate surface area is 224 Å². The summed E-state index contributed by atoms with van der Waals surface area (Å²) in [5.41, 5.74) is 4.91. The minimum Gasteiger partial charge on any atom is -0.405 e. The summed E-state index contributed by atoms with van der Waals surface area (Å²) in [6, 6.07) is 5.86. The van der Waals surface area contributed by atoms with E-state index in [0.29, 0.717) is 13.0 Å². The van der Waals surface area contributed by atoms with E-state index in [4.69, 9.17) is 5.73 Å². The number of rotatable bonds is 8. The third-order valence-corrected chi connectivity index (χ3v) is 9.27. The predicted octanol–water partition coefficient (Wildman–Crippen LogP) is 2.47. The number of benzene rings is 1. The fourth-order valence-electron chi connectivity index (χ4n) is 5.66. The van der Waals surface area contributed by atoms with E-state index in [1.807, 2.05) is 0 Å². The van der Waals surface area contributed by atoms with Crippen molar-refractivity contribution in [3.8, 4) is 5.75 Å². The summed E-state index contributed by atoms with van der Waals surface area (Å²) in [4.78, 5) is 17.7. The molecule has 11 nitrogen and oxygen atoms in total. The van der Waals surface area contributed by atoms with Crippen LogP contribution in [0.4, 0.5) is 13.2 Å². The minimum atomic E-state index is -4.86. The monoisotopic (exact) mass is 574 g/mol. The van der Waals surface area contributed by atoms with Crippen LogP contribution in [0.3, 0.4) is 0 Å². The standard InChI is InChI=1S/C24H33F3N6O5S/c1-39(36,37)19-10-11-32(15-19)18-8-6-16(7-9-18)12-23(28)21(33(34)35)14-30-22(31-23)29-13-17-4-2-3-5-20(17)38-24(25,26)27/h2-5,14,16,18-19H,6-13,15,28H2,1H3,(H2,29,30,31). The molecule has 2 unspecified atom stereocenters. The summed E-state index contributed by atoms with van der Waals surface area (Å²) >= 11 is 0. The first kappa shape index (κ1) is 29.1. The van der Waals surface area contributed by atoms with E-state index in [1.54, 1.807) is 6.07 Å². The van der Waals surface area contributed by atoms with Crippen LogP contribution < -0.4 is 21.1 Å². The molecule has 2 atom stereocenters. The van der Waals surface area contributed by atoms with Gasteiger partial charge >= 0.3 is 12.1 Å². The summed E-state index contributed by atoms with van der Waals surface area (Å²) in [6.07, 6.45) is 1.70. The number of sulfone groups is 1. The normalized spacial score (nSPS) is 29.4. The third-order valence-electron chi connectivity index (χ3n) is 7.67. The summed E-state index contributed by atoms with van der Waals surface area (Å²) in [5.74, 6) is -0.207. The molecule has 39 heavy (non-hydrogen) atoms. The van der Waals surface area contributed by atoms with Gasteiger partial charge in [0.25, 0.3) is 0 Å². The number of nitro groups is 1. The number of para-hydroxylation sites is 1. The van der Waals surface area contributed by atoms with Crippen LogP contribution >= 0.6 is 0 Å². The molecule has 4 N–H and O–H groups in total. The number of nitrogens with zero attached hydrogens (tertiary/aromatic N) is 3. The molecule has 0 amide bonds. The van der Waals surface area contributed by atoms with Crippen molar-refractivity contribution in [1.29, 1.82) is 0 Å². The van der Waals surface area contributed by atoms with Crippen molar-refractivity contribution in [2.75, 3.05) is 19.3 Å². The Morgan fingerprint density at radius 1 is 1.23 bits per heavy atom. The van der Waals surface area contributed by atoms with Crippen LogP contribution in [0, 0.1) is 16.0 Å². The highest BCUT2D eigenvalue weighted by atomic mass is 32.2. The molecular weight excluding hydrogens is 541 g/mol. The number of nitrogens with two attached hydrogens (primary N) is 1. The molecule has 0 bridgehead atoms. The van der Waals surface area contributed by atoms with Gasteiger partial charge in [-0.15, -0.1) is 13.2 Å². The van der Waals surface area contributed by atoms with Gasteiger partial charge in [-0.2, -0.15) is 0 Å². The van der Waals surface area contributed by atoms with Crippen LogP contribution in [-0.4, -0.2) is 66.9 Å². The summed E-state index contributed by atoms with van der Waals surface area (Å²) in [5, 5.41) is 17.0. The molecular formula is C24H33F3N6O5S. The molecule has 3 aliphatic rings. The van der Waals surface area contributed by atoms with Crippen LogP contribution in [-0.2, 0) is 16.4 Å². The highest BCUT2D eigenvalue weighted by molar-refractivity contribution is 7.91. The topological polar surface area (TPSA) is 152 Å². The molecule has 2 heterocycles. The van der Waals surface area contributed by atoms with Crippen molar-refractivity contribution in [3.05, 3.63) is 51.8 Å².